The van der Waals surface area contributed by atoms with Crippen molar-refractivity contribution in [1.29, 1.82) is 0 Å². The van der Waals surface area contributed by atoms with Crippen LogP contribution in [0.4, 0.5) is 0 Å². The van der Waals surface area contributed by atoms with Gasteiger partial charge in [0.05, 0.1) is 0 Å². The summed E-state index contributed by atoms with van der Waals surface area (Å²) in [6, 6.07) is 0. The van der Waals surface area contributed by atoms with Gasteiger partial charge >= 0.3 is 0 Å². The molecule has 0 saturated heterocycles. The molecule has 0 heterocycles. The van der Waals surface area contributed by atoms with Crippen molar-refractivity contribution < 1.29 is 4.79 Å². The van der Waals surface area contributed by atoms with Crippen LogP contribution < -0.4 is 0 Å². The van der Waals surface area contributed by atoms with Crippen LogP contribution in [0.15, 0.2) is 11.6 Å². The van der Waals surface area contributed by atoms with Gasteiger partial charge in [-0.25, -0.2) is 0 Å². The molecule has 0 aromatic heterocycles. The Morgan fingerprint density at radius 1 is 1.23 bits per heavy atom. The minimum Gasteiger partial charge on any atom is -0.295 e. The maximum atomic E-state index is 11.4. The molecular formula is C12H16O. The van der Waals surface area contributed by atoms with Gasteiger partial charge < -0.3 is 0 Å². The predicted octanol–water partition coefficient (Wildman–Crippen LogP) is 2.86. The first-order valence-corrected chi connectivity index (χ1v) is 5.55. The summed E-state index contributed by atoms with van der Waals surface area (Å²) in [5.74, 6) is 1.18. The first-order chi connectivity index (χ1) is 6.30. The minimum absolute atomic E-state index is 0.388. The Labute approximate surface area is 79.2 Å². The molecule has 0 radical (unpaired) electrons. The zero-order valence-corrected chi connectivity index (χ0v) is 8.01. The highest BCUT2D eigenvalue weighted by molar-refractivity contribution is 5.91. The summed E-state index contributed by atoms with van der Waals surface area (Å²) >= 11 is 0. The predicted molar refractivity (Wildman–Crippen MR) is 51.3 cm³/mol. The molecule has 0 aromatic rings. The van der Waals surface area contributed by atoms with Crippen LogP contribution in [-0.2, 0) is 4.79 Å². The van der Waals surface area contributed by atoms with E-state index in [1.807, 2.05) is 6.08 Å². The first kappa shape index (κ1) is 7.78. The quantitative estimate of drug-likeness (QED) is 0.554. The Bertz CT molecular complexity index is 285. The Morgan fingerprint density at radius 2 is 2.15 bits per heavy atom. The van der Waals surface area contributed by atoms with Gasteiger partial charge in [-0.05, 0) is 49.5 Å². The van der Waals surface area contributed by atoms with Gasteiger partial charge in [0.1, 0.15) is 0 Å². The van der Waals surface area contributed by atoms with Gasteiger partial charge in [0, 0.05) is 6.42 Å². The molecule has 2 bridgehead atoms. The molecule has 70 valence electrons. The highest BCUT2D eigenvalue weighted by Gasteiger charge is 2.47. The monoisotopic (exact) mass is 176 g/mol. The van der Waals surface area contributed by atoms with Crippen molar-refractivity contribution >= 4 is 5.78 Å². The number of hydrogen-bond acceptors (Lipinski definition) is 1. The number of allylic oxidation sites excluding steroid dienone is 2. The van der Waals surface area contributed by atoms with Gasteiger partial charge in [0.25, 0.3) is 0 Å². The molecule has 0 spiro atoms. The van der Waals surface area contributed by atoms with E-state index in [1.165, 1.54) is 32.1 Å². The maximum Gasteiger partial charge on any atom is 0.155 e. The molecular weight excluding hydrogens is 160 g/mol. The van der Waals surface area contributed by atoms with Crippen LogP contribution in [0.5, 0.6) is 0 Å². The lowest BCUT2D eigenvalue weighted by Crippen LogP contribution is -2.29. The summed E-state index contributed by atoms with van der Waals surface area (Å²) in [5.41, 5.74) is 2.06. The van der Waals surface area contributed by atoms with E-state index >= 15 is 0 Å². The van der Waals surface area contributed by atoms with E-state index in [-0.39, 0.29) is 0 Å². The summed E-state index contributed by atoms with van der Waals surface area (Å²) in [7, 11) is 0. The van der Waals surface area contributed by atoms with E-state index in [2.05, 4.69) is 0 Å². The number of ketones is 1. The minimum atomic E-state index is 0.388. The topological polar surface area (TPSA) is 17.1 Å². The molecule has 0 amide bonds. The molecule has 0 aliphatic heterocycles. The normalized spacial score (nSPS) is 42.9. The SMILES string of the molecule is O=C1C=C2[C@H]3CCC[C@]2(CC1)CC3. The maximum absolute atomic E-state index is 11.4. The molecule has 0 aromatic carbocycles. The van der Waals surface area contributed by atoms with Crippen molar-refractivity contribution in [3.63, 3.8) is 0 Å². The summed E-state index contributed by atoms with van der Waals surface area (Å²) in [4.78, 5) is 11.4. The molecule has 1 nitrogen and oxygen atoms in total. The molecule has 0 unspecified atom stereocenters. The fourth-order valence-corrected chi connectivity index (χ4v) is 3.71. The fraction of sp³-hybridized carbons (Fsp3) is 0.750. The molecule has 3 aliphatic rings. The Morgan fingerprint density at radius 3 is 3.08 bits per heavy atom. The summed E-state index contributed by atoms with van der Waals surface area (Å²) in [6.45, 7) is 0. The van der Waals surface area contributed by atoms with E-state index in [0.29, 0.717) is 11.2 Å². The van der Waals surface area contributed by atoms with Gasteiger partial charge in [-0.1, -0.05) is 12.0 Å². The molecule has 1 heteroatoms. The third-order valence-corrected chi connectivity index (χ3v) is 4.40. The largest absolute Gasteiger partial charge is 0.295 e. The van der Waals surface area contributed by atoms with Crippen molar-refractivity contribution in [2.75, 3.05) is 0 Å². The van der Waals surface area contributed by atoms with Crippen LogP contribution in [0.1, 0.15) is 44.9 Å². The van der Waals surface area contributed by atoms with Crippen molar-refractivity contribution in [3.8, 4) is 0 Å². The molecule has 3 aliphatic carbocycles. The van der Waals surface area contributed by atoms with Gasteiger partial charge in [-0.3, -0.25) is 4.79 Å². The Hall–Kier alpha value is -0.590. The van der Waals surface area contributed by atoms with Crippen LogP contribution in [0.3, 0.4) is 0 Å². The molecule has 2 fully saturated rings. The summed E-state index contributed by atoms with van der Waals surface area (Å²) < 4.78 is 0. The van der Waals surface area contributed by atoms with Crippen molar-refractivity contribution in [1.82, 2.24) is 0 Å². The highest BCUT2D eigenvalue weighted by Crippen LogP contribution is 2.58. The van der Waals surface area contributed by atoms with E-state index in [4.69, 9.17) is 0 Å². The standard InChI is InChI=1S/C12H16O/c13-10-4-7-12-5-1-2-9(3-6-12)11(12)8-10/h8-9H,1-7H2/t9-,12+/m0/s1. The molecule has 0 N–H and O–H groups in total. The van der Waals surface area contributed by atoms with Crippen LogP contribution in [0.2, 0.25) is 0 Å². The van der Waals surface area contributed by atoms with E-state index in [1.54, 1.807) is 5.57 Å². The van der Waals surface area contributed by atoms with Gasteiger partial charge in [0.2, 0.25) is 0 Å². The molecule has 3 rings (SSSR count). The Balaban J connectivity index is 2.07. The first-order valence-electron chi connectivity index (χ1n) is 5.55. The molecule has 2 saturated carbocycles. The second kappa shape index (κ2) is 2.46. The zero-order chi connectivity index (χ0) is 8.89. The van der Waals surface area contributed by atoms with Gasteiger partial charge in [0.15, 0.2) is 5.78 Å². The Kier molecular flexibility index (Phi) is 1.47. The number of carbonyl (C=O) groups excluding carboxylic acids is 1. The van der Waals surface area contributed by atoms with Gasteiger partial charge in [-0.15, -0.1) is 0 Å². The fourth-order valence-electron chi connectivity index (χ4n) is 3.71. The third-order valence-electron chi connectivity index (χ3n) is 4.40. The smallest absolute Gasteiger partial charge is 0.155 e. The highest BCUT2D eigenvalue weighted by atomic mass is 16.1. The number of hydrogen-bond donors (Lipinski definition) is 0. The van der Waals surface area contributed by atoms with E-state index in [0.717, 1.165) is 18.8 Å². The van der Waals surface area contributed by atoms with Crippen LogP contribution in [0.25, 0.3) is 0 Å². The third kappa shape index (κ3) is 0.962. The van der Waals surface area contributed by atoms with Crippen LogP contribution >= 0.6 is 0 Å². The molecule has 2 atom stereocenters. The van der Waals surface area contributed by atoms with E-state index < -0.39 is 0 Å². The van der Waals surface area contributed by atoms with Crippen LogP contribution in [0, 0.1) is 11.3 Å². The van der Waals surface area contributed by atoms with Gasteiger partial charge in [-0.2, -0.15) is 0 Å². The second-order valence-electron chi connectivity index (χ2n) is 4.97. The molecule has 13 heavy (non-hydrogen) atoms. The average molecular weight is 176 g/mol. The summed E-state index contributed by atoms with van der Waals surface area (Å²) in [5, 5.41) is 0. The zero-order valence-electron chi connectivity index (χ0n) is 8.01. The van der Waals surface area contributed by atoms with Crippen molar-refractivity contribution in [2.24, 2.45) is 11.3 Å². The van der Waals surface area contributed by atoms with E-state index in [9.17, 15) is 4.79 Å². The second-order valence-corrected chi connectivity index (χ2v) is 4.97. The lowest BCUT2D eigenvalue weighted by molar-refractivity contribution is -0.115. The number of rotatable bonds is 0. The van der Waals surface area contributed by atoms with Crippen molar-refractivity contribution in [2.45, 2.75) is 44.9 Å². The van der Waals surface area contributed by atoms with Crippen molar-refractivity contribution in [3.05, 3.63) is 11.6 Å². The summed E-state index contributed by atoms with van der Waals surface area (Å²) in [6.07, 6.45) is 10.8. The lowest BCUT2D eigenvalue weighted by Gasteiger charge is -2.38. The lowest BCUT2D eigenvalue weighted by atomic mass is 9.66. The average Bonchev–Trinajstić information content (AvgIpc) is 2.37. The number of carbonyl (C=O) groups is 1. The van der Waals surface area contributed by atoms with Crippen LogP contribution in [-0.4, -0.2) is 5.78 Å².